The lowest BCUT2D eigenvalue weighted by molar-refractivity contribution is -0.138. The second kappa shape index (κ2) is 6.40. The fourth-order valence-electron chi connectivity index (χ4n) is 1.44. The van der Waals surface area contributed by atoms with Gasteiger partial charge in [-0.15, -0.1) is 0 Å². The van der Waals surface area contributed by atoms with Crippen molar-refractivity contribution in [2.75, 3.05) is 7.05 Å². The minimum absolute atomic E-state index is 0.299. The molecule has 0 unspecified atom stereocenters. The molecule has 0 saturated carbocycles. The van der Waals surface area contributed by atoms with Crippen molar-refractivity contribution >= 4 is 12.0 Å². The second-order valence-corrected chi connectivity index (χ2v) is 4.18. The molecule has 0 spiro atoms. The Morgan fingerprint density at radius 3 is 2.79 bits per heavy atom. The predicted octanol–water partition coefficient (Wildman–Crippen LogP) is 1.17. The number of nitrogens with one attached hydrogen (secondary N) is 1. The Hall–Kier alpha value is -2.55. The highest BCUT2D eigenvalue weighted by molar-refractivity contribution is 5.82. The van der Waals surface area contributed by atoms with Gasteiger partial charge in [0.25, 0.3) is 0 Å². The molecular weight excluding hydrogens is 246 g/mol. The van der Waals surface area contributed by atoms with Crippen molar-refractivity contribution in [3.05, 3.63) is 35.4 Å². The van der Waals surface area contributed by atoms with Crippen molar-refractivity contribution in [3.8, 4) is 6.07 Å². The highest BCUT2D eigenvalue weighted by Gasteiger charge is 2.16. The molecule has 1 aromatic rings. The van der Waals surface area contributed by atoms with Crippen LogP contribution in [0.3, 0.4) is 0 Å². The highest BCUT2D eigenvalue weighted by Crippen LogP contribution is 2.07. The van der Waals surface area contributed by atoms with Gasteiger partial charge in [0.15, 0.2) is 0 Å². The smallest absolute Gasteiger partial charge is 0.325 e. The first-order valence-electron chi connectivity index (χ1n) is 5.67. The molecule has 0 saturated heterocycles. The Morgan fingerprint density at radius 1 is 1.53 bits per heavy atom. The van der Waals surface area contributed by atoms with Crippen LogP contribution in [0.1, 0.15) is 18.1 Å². The van der Waals surface area contributed by atoms with Crippen LogP contribution in [0.15, 0.2) is 24.3 Å². The van der Waals surface area contributed by atoms with Crippen molar-refractivity contribution in [1.29, 1.82) is 5.26 Å². The van der Waals surface area contributed by atoms with Gasteiger partial charge >= 0.3 is 12.0 Å². The maximum Gasteiger partial charge on any atom is 0.325 e. The van der Waals surface area contributed by atoms with Gasteiger partial charge in [-0.1, -0.05) is 12.1 Å². The molecule has 19 heavy (non-hydrogen) atoms. The average molecular weight is 261 g/mol. The number of rotatable bonds is 4. The number of carbonyl (C=O) groups excluding carboxylic acids is 1. The molecule has 1 atom stereocenters. The normalized spacial score (nSPS) is 11.2. The van der Waals surface area contributed by atoms with Gasteiger partial charge in [-0.3, -0.25) is 4.79 Å². The number of nitriles is 1. The number of amides is 2. The van der Waals surface area contributed by atoms with Crippen molar-refractivity contribution < 1.29 is 14.7 Å². The maximum absolute atomic E-state index is 11.7. The van der Waals surface area contributed by atoms with Gasteiger partial charge in [-0.05, 0) is 24.6 Å². The van der Waals surface area contributed by atoms with Gasteiger partial charge in [-0.2, -0.15) is 5.26 Å². The van der Waals surface area contributed by atoms with E-state index in [1.807, 2.05) is 6.07 Å². The molecule has 0 heterocycles. The van der Waals surface area contributed by atoms with Crippen LogP contribution in [0, 0.1) is 11.3 Å². The van der Waals surface area contributed by atoms with Gasteiger partial charge in [0.1, 0.15) is 6.04 Å². The number of carbonyl (C=O) groups is 2. The Morgan fingerprint density at radius 2 is 2.21 bits per heavy atom. The third-order valence-electron chi connectivity index (χ3n) is 2.53. The number of urea groups is 1. The largest absolute Gasteiger partial charge is 0.480 e. The van der Waals surface area contributed by atoms with E-state index in [0.717, 1.165) is 5.56 Å². The molecule has 6 heteroatoms. The van der Waals surface area contributed by atoms with Crippen LogP contribution in [-0.2, 0) is 11.3 Å². The van der Waals surface area contributed by atoms with E-state index in [0.29, 0.717) is 12.1 Å². The van der Waals surface area contributed by atoms with E-state index in [4.69, 9.17) is 10.4 Å². The quantitative estimate of drug-likeness (QED) is 0.850. The summed E-state index contributed by atoms with van der Waals surface area (Å²) < 4.78 is 0. The zero-order chi connectivity index (χ0) is 14.4. The van der Waals surface area contributed by atoms with Crippen molar-refractivity contribution in [2.45, 2.75) is 19.5 Å². The summed E-state index contributed by atoms with van der Waals surface area (Å²) in [5.74, 6) is -1.09. The molecule has 1 rings (SSSR count). The minimum Gasteiger partial charge on any atom is -0.480 e. The van der Waals surface area contributed by atoms with Crippen molar-refractivity contribution in [2.24, 2.45) is 0 Å². The van der Waals surface area contributed by atoms with Crippen molar-refractivity contribution in [1.82, 2.24) is 10.2 Å². The Labute approximate surface area is 111 Å². The number of carboxylic acids is 1. The van der Waals surface area contributed by atoms with Crippen LogP contribution in [0.25, 0.3) is 0 Å². The Bertz CT molecular complexity index is 522. The van der Waals surface area contributed by atoms with Crippen LogP contribution in [0.4, 0.5) is 4.79 Å². The molecule has 0 aliphatic carbocycles. The minimum atomic E-state index is -1.09. The summed E-state index contributed by atoms with van der Waals surface area (Å²) in [6.45, 7) is 1.69. The fraction of sp³-hybridized carbons (Fsp3) is 0.308. The average Bonchev–Trinajstić information content (AvgIpc) is 2.38. The summed E-state index contributed by atoms with van der Waals surface area (Å²) in [5.41, 5.74) is 1.32. The van der Waals surface area contributed by atoms with Gasteiger partial charge in [0, 0.05) is 13.6 Å². The van der Waals surface area contributed by atoms with E-state index in [-0.39, 0.29) is 0 Å². The third kappa shape index (κ3) is 4.32. The molecule has 1 aromatic carbocycles. The van der Waals surface area contributed by atoms with E-state index in [1.165, 1.54) is 11.8 Å². The van der Waals surface area contributed by atoms with Gasteiger partial charge in [-0.25, -0.2) is 4.79 Å². The number of carboxylic acid groups (broad SMARTS) is 1. The van der Waals surface area contributed by atoms with Crippen LogP contribution >= 0.6 is 0 Å². The first kappa shape index (κ1) is 14.5. The van der Waals surface area contributed by atoms with E-state index < -0.39 is 18.0 Å². The van der Waals surface area contributed by atoms with Crippen LogP contribution in [0.5, 0.6) is 0 Å². The Balaban J connectivity index is 2.63. The number of hydrogen-bond donors (Lipinski definition) is 2. The molecule has 6 nitrogen and oxygen atoms in total. The predicted molar refractivity (Wildman–Crippen MR) is 68.3 cm³/mol. The lowest BCUT2D eigenvalue weighted by Crippen LogP contribution is -2.44. The van der Waals surface area contributed by atoms with E-state index in [9.17, 15) is 9.59 Å². The zero-order valence-corrected chi connectivity index (χ0v) is 10.8. The van der Waals surface area contributed by atoms with Gasteiger partial charge in [0.2, 0.25) is 0 Å². The summed E-state index contributed by atoms with van der Waals surface area (Å²) in [6, 6.07) is 7.50. The number of aliphatic carboxylic acids is 1. The lowest BCUT2D eigenvalue weighted by atomic mass is 10.1. The molecule has 0 aromatic heterocycles. The number of nitrogens with zero attached hydrogens (tertiary/aromatic N) is 2. The summed E-state index contributed by atoms with van der Waals surface area (Å²) in [6.07, 6.45) is 0. The molecule has 0 aliphatic heterocycles. The van der Waals surface area contributed by atoms with Gasteiger partial charge in [0.05, 0.1) is 11.6 Å². The summed E-state index contributed by atoms with van der Waals surface area (Å²) in [4.78, 5) is 23.7. The third-order valence-corrected chi connectivity index (χ3v) is 2.53. The van der Waals surface area contributed by atoms with E-state index in [2.05, 4.69) is 5.32 Å². The SMILES string of the molecule is C[C@H](NC(=O)N(C)Cc1cccc(C#N)c1)C(=O)O. The highest BCUT2D eigenvalue weighted by atomic mass is 16.4. The van der Waals surface area contributed by atoms with Crippen molar-refractivity contribution in [3.63, 3.8) is 0 Å². The molecule has 2 amide bonds. The second-order valence-electron chi connectivity index (χ2n) is 4.18. The van der Waals surface area contributed by atoms with Crippen LogP contribution in [-0.4, -0.2) is 35.1 Å². The van der Waals surface area contributed by atoms with Crippen LogP contribution < -0.4 is 5.32 Å². The molecule has 2 N–H and O–H groups in total. The Kier molecular flexibility index (Phi) is 4.89. The first-order chi connectivity index (χ1) is 8.93. The summed E-state index contributed by atoms with van der Waals surface area (Å²) in [5, 5.41) is 19.8. The molecule has 100 valence electrons. The first-order valence-corrected chi connectivity index (χ1v) is 5.67. The van der Waals surface area contributed by atoms with Crippen LogP contribution in [0.2, 0.25) is 0 Å². The summed E-state index contributed by atoms with van der Waals surface area (Å²) in [7, 11) is 1.56. The maximum atomic E-state index is 11.7. The number of benzene rings is 1. The fourth-order valence-corrected chi connectivity index (χ4v) is 1.44. The van der Waals surface area contributed by atoms with E-state index in [1.54, 1.807) is 31.3 Å². The molecule has 0 fully saturated rings. The molecule has 0 radical (unpaired) electrons. The molecular formula is C13H15N3O3. The zero-order valence-electron chi connectivity index (χ0n) is 10.8. The van der Waals surface area contributed by atoms with Gasteiger partial charge < -0.3 is 15.3 Å². The molecule has 0 bridgehead atoms. The lowest BCUT2D eigenvalue weighted by Gasteiger charge is -2.19. The van der Waals surface area contributed by atoms with E-state index >= 15 is 0 Å². The number of hydrogen-bond acceptors (Lipinski definition) is 3. The summed E-state index contributed by atoms with van der Waals surface area (Å²) >= 11 is 0. The standard InChI is InChI=1S/C13H15N3O3/c1-9(12(17)18)15-13(19)16(2)8-11-5-3-4-10(6-11)7-14/h3-6,9H,8H2,1-2H3,(H,15,19)(H,17,18)/t9-/m0/s1. The monoisotopic (exact) mass is 261 g/mol. The topological polar surface area (TPSA) is 93.4 Å². The molecule has 0 aliphatic rings.